The highest BCUT2D eigenvalue weighted by atomic mass is 16.2. The summed E-state index contributed by atoms with van der Waals surface area (Å²) in [4.78, 5) is 25.6. The molecule has 2 aromatic rings. The Morgan fingerprint density at radius 3 is 2.65 bits per heavy atom. The lowest BCUT2D eigenvalue weighted by Crippen LogP contribution is -2.49. The Morgan fingerprint density at radius 1 is 1.22 bits per heavy atom. The second kappa shape index (κ2) is 5.64. The molecule has 0 spiro atoms. The van der Waals surface area contributed by atoms with E-state index in [4.69, 9.17) is 0 Å². The molecule has 2 aromatic heterocycles. The minimum absolute atomic E-state index is 0.0547. The Kier molecular flexibility index (Phi) is 3.48. The third-order valence-electron chi connectivity index (χ3n) is 4.44. The molecule has 0 radical (unpaired) electrons. The van der Waals surface area contributed by atoms with Crippen molar-refractivity contribution in [1.29, 1.82) is 0 Å². The van der Waals surface area contributed by atoms with Gasteiger partial charge in [0.1, 0.15) is 11.6 Å². The molecule has 1 saturated carbocycles. The van der Waals surface area contributed by atoms with Crippen molar-refractivity contribution >= 4 is 11.7 Å². The van der Waals surface area contributed by atoms with Gasteiger partial charge >= 0.3 is 0 Å². The van der Waals surface area contributed by atoms with Gasteiger partial charge in [0, 0.05) is 51.5 Å². The average molecular weight is 312 g/mol. The maximum atomic E-state index is 12.4. The van der Waals surface area contributed by atoms with Gasteiger partial charge in [-0.3, -0.25) is 9.48 Å². The third-order valence-corrected chi connectivity index (χ3v) is 4.44. The molecule has 0 unspecified atom stereocenters. The molecule has 1 amide bonds. The normalized spacial score (nSPS) is 18.3. The van der Waals surface area contributed by atoms with Crippen LogP contribution in [0.5, 0.6) is 0 Å². The van der Waals surface area contributed by atoms with Crippen molar-refractivity contribution in [2.24, 2.45) is 7.05 Å². The van der Waals surface area contributed by atoms with Crippen molar-refractivity contribution in [3.8, 4) is 0 Å². The zero-order chi connectivity index (χ0) is 15.8. The van der Waals surface area contributed by atoms with Crippen LogP contribution in [0.4, 0.5) is 5.82 Å². The number of piperazine rings is 1. The molecule has 4 rings (SSSR count). The molecule has 0 aromatic carbocycles. The van der Waals surface area contributed by atoms with Gasteiger partial charge in [0.25, 0.3) is 5.91 Å². The van der Waals surface area contributed by atoms with E-state index in [0.29, 0.717) is 24.6 Å². The number of nitrogens with zero attached hydrogens (tertiary/aromatic N) is 6. The Morgan fingerprint density at radius 2 is 2.00 bits per heavy atom. The van der Waals surface area contributed by atoms with Crippen molar-refractivity contribution in [2.75, 3.05) is 31.1 Å². The van der Waals surface area contributed by atoms with Gasteiger partial charge in [-0.05, 0) is 18.9 Å². The van der Waals surface area contributed by atoms with Gasteiger partial charge in [-0.25, -0.2) is 9.97 Å². The first kappa shape index (κ1) is 14.2. The molecule has 0 atom stereocenters. The number of amides is 1. The van der Waals surface area contributed by atoms with E-state index in [-0.39, 0.29) is 5.91 Å². The largest absolute Gasteiger partial charge is 0.353 e. The summed E-state index contributed by atoms with van der Waals surface area (Å²) in [5, 5.41) is 4.07. The quantitative estimate of drug-likeness (QED) is 0.847. The first-order chi connectivity index (χ1) is 11.2. The monoisotopic (exact) mass is 312 g/mol. The van der Waals surface area contributed by atoms with Crippen molar-refractivity contribution in [3.05, 3.63) is 36.0 Å². The maximum absolute atomic E-state index is 12.4. The van der Waals surface area contributed by atoms with Gasteiger partial charge in [-0.1, -0.05) is 0 Å². The van der Waals surface area contributed by atoms with Crippen LogP contribution in [0.1, 0.15) is 34.9 Å². The van der Waals surface area contributed by atoms with Crippen molar-refractivity contribution in [1.82, 2.24) is 24.6 Å². The molecule has 1 aliphatic heterocycles. The molecular weight excluding hydrogens is 292 g/mol. The van der Waals surface area contributed by atoms with Gasteiger partial charge < -0.3 is 9.80 Å². The summed E-state index contributed by atoms with van der Waals surface area (Å²) >= 11 is 0. The Balaban J connectivity index is 1.40. The van der Waals surface area contributed by atoms with Gasteiger partial charge in [0.15, 0.2) is 0 Å². The van der Waals surface area contributed by atoms with Crippen molar-refractivity contribution < 1.29 is 4.79 Å². The molecular formula is C16H20N6O. The maximum Gasteiger partial charge on any atom is 0.257 e. The van der Waals surface area contributed by atoms with Crippen LogP contribution in [0.15, 0.2) is 24.7 Å². The average Bonchev–Trinajstić information content (AvgIpc) is 3.36. The molecule has 23 heavy (non-hydrogen) atoms. The van der Waals surface area contributed by atoms with Crippen LogP contribution in [0.2, 0.25) is 0 Å². The Hall–Kier alpha value is -2.44. The summed E-state index contributed by atoms with van der Waals surface area (Å²) in [6.07, 6.45) is 7.65. The van der Waals surface area contributed by atoms with Crippen LogP contribution in [0, 0.1) is 0 Å². The number of rotatable bonds is 3. The van der Waals surface area contributed by atoms with Crippen molar-refractivity contribution in [3.63, 3.8) is 0 Å². The van der Waals surface area contributed by atoms with E-state index < -0.39 is 0 Å². The fourth-order valence-corrected chi connectivity index (χ4v) is 2.93. The molecule has 2 fully saturated rings. The Bertz CT molecular complexity index is 715. The fourth-order valence-electron chi connectivity index (χ4n) is 2.93. The SMILES string of the molecule is Cn1cc(C(=O)N2CCN(c3ccnc(C4CC4)n3)CC2)cn1. The highest BCUT2D eigenvalue weighted by Gasteiger charge is 2.28. The number of hydrogen-bond acceptors (Lipinski definition) is 5. The van der Waals surface area contributed by atoms with Crippen LogP contribution < -0.4 is 4.90 Å². The molecule has 0 bridgehead atoms. The van der Waals surface area contributed by atoms with Gasteiger partial charge in [-0.2, -0.15) is 5.10 Å². The fraction of sp³-hybridized carbons (Fsp3) is 0.500. The minimum Gasteiger partial charge on any atom is -0.353 e. The smallest absolute Gasteiger partial charge is 0.257 e. The van der Waals surface area contributed by atoms with Gasteiger partial charge in [-0.15, -0.1) is 0 Å². The number of aromatic nitrogens is 4. The summed E-state index contributed by atoms with van der Waals surface area (Å²) in [7, 11) is 1.82. The van der Waals surface area contributed by atoms with E-state index >= 15 is 0 Å². The van der Waals surface area contributed by atoms with Crippen LogP contribution in [-0.2, 0) is 7.05 Å². The number of carbonyl (C=O) groups excluding carboxylic acids is 1. The van der Waals surface area contributed by atoms with E-state index in [2.05, 4.69) is 20.0 Å². The standard InChI is InChI=1S/C16H20N6O/c1-20-11-13(10-18-20)16(23)22-8-6-21(7-9-22)14-4-5-17-15(19-14)12-2-3-12/h4-5,10-12H,2-3,6-9H2,1H3. The summed E-state index contributed by atoms with van der Waals surface area (Å²) in [6.45, 7) is 3.01. The predicted molar refractivity (Wildman–Crippen MR) is 85.3 cm³/mol. The molecule has 120 valence electrons. The van der Waals surface area contributed by atoms with E-state index in [9.17, 15) is 4.79 Å². The first-order valence-corrected chi connectivity index (χ1v) is 8.06. The van der Waals surface area contributed by atoms with E-state index in [1.54, 1.807) is 17.1 Å². The minimum atomic E-state index is 0.0547. The van der Waals surface area contributed by atoms with E-state index in [1.807, 2.05) is 24.2 Å². The van der Waals surface area contributed by atoms with Crippen LogP contribution in [0.3, 0.4) is 0 Å². The first-order valence-electron chi connectivity index (χ1n) is 8.06. The van der Waals surface area contributed by atoms with E-state index in [0.717, 1.165) is 24.7 Å². The van der Waals surface area contributed by atoms with Crippen LogP contribution >= 0.6 is 0 Å². The summed E-state index contributed by atoms with van der Waals surface area (Å²) in [6, 6.07) is 1.96. The number of carbonyl (C=O) groups is 1. The molecule has 0 N–H and O–H groups in total. The molecule has 3 heterocycles. The summed E-state index contributed by atoms with van der Waals surface area (Å²) in [5.74, 6) is 2.56. The second-order valence-corrected chi connectivity index (χ2v) is 6.23. The number of aryl methyl sites for hydroxylation is 1. The van der Waals surface area contributed by atoms with Gasteiger partial charge in [0.05, 0.1) is 11.8 Å². The van der Waals surface area contributed by atoms with Crippen molar-refractivity contribution in [2.45, 2.75) is 18.8 Å². The van der Waals surface area contributed by atoms with Gasteiger partial charge in [0.2, 0.25) is 0 Å². The highest BCUT2D eigenvalue weighted by Crippen LogP contribution is 2.38. The lowest BCUT2D eigenvalue weighted by Gasteiger charge is -2.35. The number of anilines is 1. The lowest BCUT2D eigenvalue weighted by molar-refractivity contribution is 0.0746. The zero-order valence-electron chi connectivity index (χ0n) is 13.2. The summed E-state index contributed by atoms with van der Waals surface area (Å²) < 4.78 is 1.66. The molecule has 1 saturated heterocycles. The zero-order valence-corrected chi connectivity index (χ0v) is 13.2. The summed E-state index contributed by atoms with van der Waals surface area (Å²) in [5.41, 5.74) is 0.652. The molecule has 2 aliphatic rings. The molecule has 7 nitrogen and oxygen atoms in total. The topological polar surface area (TPSA) is 67.2 Å². The Labute approximate surface area is 134 Å². The molecule has 1 aliphatic carbocycles. The highest BCUT2D eigenvalue weighted by molar-refractivity contribution is 5.93. The molecule has 7 heteroatoms. The van der Waals surface area contributed by atoms with E-state index in [1.165, 1.54) is 12.8 Å². The van der Waals surface area contributed by atoms with Crippen LogP contribution in [0.25, 0.3) is 0 Å². The number of hydrogen-bond donors (Lipinski definition) is 0. The third kappa shape index (κ3) is 2.91. The second-order valence-electron chi connectivity index (χ2n) is 6.23. The lowest BCUT2D eigenvalue weighted by atomic mass is 10.2. The predicted octanol–water partition coefficient (Wildman–Crippen LogP) is 1.05. The van der Waals surface area contributed by atoms with Crippen LogP contribution in [-0.4, -0.2) is 56.7 Å².